The zero-order valence-corrected chi connectivity index (χ0v) is 17.0. The molecule has 0 saturated heterocycles. The Labute approximate surface area is 182 Å². The number of rotatable bonds is 9. The monoisotopic (exact) mass is 413 g/mol. The quantitative estimate of drug-likeness (QED) is 0.108. The zero-order valence-electron chi connectivity index (χ0n) is 16.8. The van der Waals surface area contributed by atoms with Gasteiger partial charge in [-0.25, -0.2) is 4.79 Å². The van der Waals surface area contributed by atoms with Crippen LogP contribution in [-0.2, 0) is 14.4 Å². The van der Waals surface area contributed by atoms with Gasteiger partial charge in [0.1, 0.15) is 12.6 Å². The molecule has 0 aromatic carbocycles. The van der Waals surface area contributed by atoms with E-state index < -0.39 is 48.4 Å². The first-order valence-corrected chi connectivity index (χ1v) is 6.95. The fourth-order valence-corrected chi connectivity index (χ4v) is 1.52. The summed E-state index contributed by atoms with van der Waals surface area (Å²) in [6.07, 6.45) is -2.93. The maximum atomic E-state index is 10.1. The first-order valence-electron chi connectivity index (χ1n) is 6.95. The number of likely N-dealkylation sites (N-methyl/N-ethyl adjacent to an activating group) is 1. The van der Waals surface area contributed by atoms with E-state index in [2.05, 4.69) is 0 Å². The number of aliphatic carboxylic acids is 3. The van der Waals surface area contributed by atoms with Gasteiger partial charge in [0.05, 0.1) is 27.6 Å². The Bertz CT molecular complexity index is 484. The number of carboxylic acid groups (broad SMARTS) is 3. The summed E-state index contributed by atoms with van der Waals surface area (Å²) in [5.41, 5.74) is 0. The van der Waals surface area contributed by atoms with Crippen molar-refractivity contribution in [2.75, 3.05) is 27.7 Å². The average molecular weight is 413 g/mol. The molecule has 26 heavy (non-hydrogen) atoms. The number of carbonyl (C=O) groups is 3. The molecule has 0 aliphatic rings. The van der Waals surface area contributed by atoms with Crippen molar-refractivity contribution < 1.29 is 62.6 Å². The van der Waals surface area contributed by atoms with Crippen molar-refractivity contribution in [3.63, 3.8) is 0 Å². The summed E-state index contributed by atoms with van der Waals surface area (Å²) in [5, 5.41) is 70.6. The zero-order chi connectivity index (χ0) is 20.6. The SMILES string of the molecule is C[N+](C)(C)CC(O)CC(=O)[O-].O=C(O)CCC(O)(O)C(O)(O)C(=O)O.[Ca+2].[H-].[H-]. The minimum Gasteiger partial charge on any atom is -1.00 e. The summed E-state index contributed by atoms with van der Waals surface area (Å²) in [6, 6.07) is 0. The number of carboxylic acids is 3. The van der Waals surface area contributed by atoms with Crippen molar-refractivity contribution in [2.45, 2.75) is 36.9 Å². The smallest absolute Gasteiger partial charge is 1.00 e. The summed E-state index contributed by atoms with van der Waals surface area (Å²) < 4.78 is 0.550. The van der Waals surface area contributed by atoms with Crippen molar-refractivity contribution in [2.24, 2.45) is 0 Å². The Kier molecular flexibility index (Phi) is 13.9. The van der Waals surface area contributed by atoms with E-state index in [1.165, 1.54) is 0 Å². The van der Waals surface area contributed by atoms with Gasteiger partial charge in [0, 0.05) is 18.8 Å². The molecule has 0 heterocycles. The van der Waals surface area contributed by atoms with Gasteiger partial charge in [-0.3, -0.25) is 4.79 Å². The Hall–Kier alpha value is -0.570. The number of carbonyl (C=O) groups excluding carboxylic acids is 1. The molecule has 1 unspecified atom stereocenters. The van der Waals surface area contributed by atoms with E-state index in [1.54, 1.807) is 0 Å². The number of hydrogen-bond acceptors (Lipinski definition) is 9. The minimum absolute atomic E-state index is 0. The molecule has 0 saturated carbocycles. The van der Waals surface area contributed by atoms with E-state index in [0.717, 1.165) is 0 Å². The summed E-state index contributed by atoms with van der Waals surface area (Å²) in [7, 11) is 5.66. The summed E-state index contributed by atoms with van der Waals surface area (Å²) in [5.74, 6) is -12.1. The van der Waals surface area contributed by atoms with Gasteiger partial charge >= 0.3 is 55.5 Å². The van der Waals surface area contributed by atoms with Crippen molar-refractivity contribution in [1.82, 2.24) is 0 Å². The van der Waals surface area contributed by atoms with Gasteiger partial charge in [0.25, 0.3) is 0 Å². The second-order valence-corrected chi connectivity index (χ2v) is 6.39. The maximum absolute atomic E-state index is 10.1. The van der Waals surface area contributed by atoms with E-state index in [0.29, 0.717) is 11.0 Å². The molecule has 0 amide bonds. The van der Waals surface area contributed by atoms with Crippen LogP contribution in [0.2, 0.25) is 0 Å². The van der Waals surface area contributed by atoms with Gasteiger partial charge in [0.2, 0.25) is 5.79 Å². The molecule has 0 aromatic rings. The third-order valence-electron chi connectivity index (χ3n) is 2.70. The van der Waals surface area contributed by atoms with Gasteiger partial charge in [-0.05, 0) is 0 Å². The third-order valence-corrected chi connectivity index (χ3v) is 2.70. The van der Waals surface area contributed by atoms with Crippen LogP contribution in [0.3, 0.4) is 0 Å². The number of nitrogens with zero attached hydrogens (tertiary/aromatic N) is 1. The van der Waals surface area contributed by atoms with Crippen LogP contribution < -0.4 is 5.11 Å². The van der Waals surface area contributed by atoms with Crippen LogP contribution in [0.5, 0.6) is 0 Å². The van der Waals surface area contributed by atoms with Crippen LogP contribution in [0.4, 0.5) is 0 Å². The van der Waals surface area contributed by atoms with E-state index >= 15 is 0 Å². The fourth-order valence-electron chi connectivity index (χ4n) is 1.52. The largest absolute Gasteiger partial charge is 2.00 e. The van der Waals surface area contributed by atoms with E-state index in [9.17, 15) is 19.5 Å². The second-order valence-electron chi connectivity index (χ2n) is 6.39. The van der Waals surface area contributed by atoms with Gasteiger partial charge in [-0.15, -0.1) is 0 Å². The average Bonchev–Trinajstić information content (AvgIpc) is 2.33. The summed E-state index contributed by atoms with van der Waals surface area (Å²) in [4.78, 5) is 30.2. The van der Waals surface area contributed by atoms with E-state index in [4.69, 9.17) is 35.7 Å². The normalized spacial score (nSPS) is 12.9. The number of quaternary nitrogens is 1. The minimum atomic E-state index is -3.80. The number of aliphatic hydroxyl groups excluding tert-OH is 1. The fraction of sp³-hybridized carbons (Fsp3) is 0.769. The molecule has 12 nitrogen and oxygen atoms in total. The maximum Gasteiger partial charge on any atom is 2.00 e. The Morgan fingerprint density at radius 3 is 1.77 bits per heavy atom. The van der Waals surface area contributed by atoms with Gasteiger partial charge in [-0.2, -0.15) is 0 Å². The van der Waals surface area contributed by atoms with Gasteiger partial charge in [-0.1, -0.05) is 0 Å². The van der Waals surface area contributed by atoms with Crippen LogP contribution in [-0.4, -0.2) is 141 Å². The molecule has 0 aliphatic heterocycles. The van der Waals surface area contributed by atoms with E-state index in [1.807, 2.05) is 21.1 Å². The molecule has 0 aromatic heterocycles. The molecule has 13 heteroatoms. The molecule has 0 aliphatic carbocycles. The van der Waals surface area contributed by atoms with Gasteiger partial charge < -0.3 is 53.0 Å². The van der Waals surface area contributed by atoms with E-state index in [-0.39, 0.29) is 47.0 Å². The molecule has 0 spiro atoms. The molecular formula is C13H27CaNO11. The predicted molar refractivity (Wildman–Crippen MR) is 85.4 cm³/mol. The topological polar surface area (TPSA) is 216 Å². The Morgan fingerprint density at radius 1 is 1.08 bits per heavy atom. The Balaban J connectivity index is -0.000000116. The third kappa shape index (κ3) is 13.6. The van der Waals surface area contributed by atoms with Crippen LogP contribution in [0.1, 0.15) is 22.1 Å². The summed E-state index contributed by atoms with van der Waals surface area (Å²) >= 11 is 0. The standard InChI is InChI=1S/C7H15NO3.C6H10O8.Ca.2H/c1-8(2,3)5-6(9)4-7(10)11;7-3(8)1-2-5(11,12)6(13,14)4(9)10;;;/h6,9H,4-5H2,1-3H3;11-14H,1-2H2,(H,7,8)(H,9,10);;;/q;;+2;2*-1. The van der Waals surface area contributed by atoms with Crippen molar-refractivity contribution >= 4 is 55.6 Å². The molecule has 152 valence electrons. The second kappa shape index (κ2) is 12.0. The van der Waals surface area contributed by atoms with Crippen molar-refractivity contribution in [3.05, 3.63) is 0 Å². The summed E-state index contributed by atoms with van der Waals surface area (Å²) in [6.45, 7) is 0.425. The number of aliphatic hydroxyl groups is 5. The molecular weight excluding hydrogens is 386 g/mol. The van der Waals surface area contributed by atoms with Crippen molar-refractivity contribution in [1.29, 1.82) is 0 Å². The molecule has 7 N–H and O–H groups in total. The molecule has 0 bridgehead atoms. The van der Waals surface area contributed by atoms with Gasteiger partial charge in [0.15, 0.2) is 0 Å². The van der Waals surface area contributed by atoms with Crippen LogP contribution in [0.15, 0.2) is 0 Å². The molecule has 0 fully saturated rings. The first-order chi connectivity index (χ1) is 10.9. The number of hydrogen-bond donors (Lipinski definition) is 7. The molecule has 1 atom stereocenters. The van der Waals surface area contributed by atoms with Crippen LogP contribution >= 0.6 is 0 Å². The first kappa shape index (κ1) is 30.2. The predicted octanol–water partition coefficient (Wildman–Crippen LogP) is -4.66. The Morgan fingerprint density at radius 2 is 1.50 bits per heavy atom. The van der Waals surface area contributed by atoms with Crippen LogP contribution in [0.25, 0.3) is 0 Å². The molecule has 0 radical (unpaired) electrons. The van der Waals surface area contributed by atoms with Crippen LogP contribution in [0, 0.1) is 0 Å². The van der Waals surface area contributed by atoms with Crippen molar-refractivity contribution in [3.8, 4) is 0 Å². The molecule has 0 rings (SSSR count).